The Morgan fingerprint density at radius 2 is 2.19 bits per heavy atom. The summed E-state index contributed by atoms with van der Waals surface area (Å²) in [5.41, 5.74) is -1.08. The number of alkyl halides is 3. The molecule has 0 radical (unpaired) electrons. The molecule has 1 heterocycles. The van der Waals surface area contributed by atoms with E-state index in [4.69, 9.17) is 4.74 Å². The van der Waals surface area contributed by atoms with E-state index in [0.29, 0.717) is 0 Å². The van der Waals surface area contributed by atoms with Crippen molar-refractivity contribution < 1.29 is 22.7 Å². The molecule has 5 nitrogen and oxygen atoms in total. The molecule has 0 aliphatic carbocycles. The number of benzene rings is 1. The number of methoxy groups -OCH3 is 1. The number of ether oxygens (including phenoxy) is 1. The minimum atomic E-state index is -4.53. The van der Waals surface area contributed by atoms with Crippen LogP contribution in [0.25, 0.3) is 0 Å². The van der Waals surface area contributed by atoms with Crippen LogP contribution < -0.4 is 10.1 Å². The Labute approximate surface area is 122 Å². The lowest BCUT2D eigenvalue weighted by Crippen LogP contribution is -2.19. The highest BCUT2D eigenvalue weighted by Crippen LogP contribution is 2.35. The summed E-state index contributed by atoms with van der Waals surface area (Å²) < 4.78 is 43.7. The maximum absolute atomic E-state index is 12.9. The number of amides is 1. The van der Waals surface area contributed by atoms with E-state index in [1.807, 2.05) is 0 Å². The molecule has 21 heavy (non-hydrogen) atoms. The molecule has 0 unspecified atom stereocenters. The number of thioether (sulfide) groups is 1. The van der Waals surface area contributed by atoms with Gasteiger partial charge in [-0.1, -0.05) is 17.8 Å². The molecule has 0 atom stereocenters. The SMILES string of the molecule is COc1cccc(C(F)(F)F)c1C=NN=C1NC(=O)CS1. The number of hydrogen-bond donors (Lipinski definition) is 1. The van der Waals surface area contributed by atoms with Crippen molar-refractivity contribution in [2.24, 2.45) is 10.2 Å². The molecule has 112 valence electrons. The number of amidine groups is 1. The van der Waals surface area contributed by atoms with Crippen molar-refractivity contribution in [1.82, 2.24) is 5.32 Å². The Morgan fingerprint density at radius 1 is 1.43 bits per heavy atom. The van der Waals surface area contributed by atoms with Gasteiger partial charge in [0.05, 0.1) is 24.6 Å². The minimum Gasteiger partial charge on any atom is -0.496 e. The van der Waals surface area contributed by atoms with E-state index in [0.717, 1.165) is 24.0 Å². The third-order valence-electron chi connectivity index (χ3n) is 2.51. The summed E-state index contributed by atoms with van der Waals surface area (Å²) in [5, 5.41) is 9.92. The smallest absolute Gasteiger partial charge is 0.417 e. The highest BCUT2D eigenvalue weighted by atomic mass is 32.2. The van der Waals surface area contributed by atoms with Gasteiger partial charge in [0, 0.05) is 5.56 Å². The Bertz CT molecular complexity index is 614. The van der Waals surface area contributed by atoms with Crippen LogP contribution in [0.2, 0.25) is 0 Å². The lowest BCUT2D eigenvalue weighted by Gasteiger charge is -2.12. The number of nitrogens with zero attached hydrogens (tertiary/aromatic N) is 2. The molecule has 9 heteroatoms. The molecule has 1 aliphatic rings. The first-order chi connectivity index (χ1) is 9.91. The molecule has 2 rings (SSSR count). The fraction of sp³-hybridized carbons (Fsp3) is 0.250. The van der Waals surface area contributed by atoms with Crippen molar-refractivity contribution in [1.29, 1.82) is 0 Å². The maximum atomic E-state index is 12.9. The average molecular weight is 317 g/mol. The van der Waals surface area contributed by atoms with E-state index in [9.17, 15) is 18.0 Å². The summed E-state index contributed by atoms with van der Waals surface area (Å²) in [6.45, 7) is 0. The first kappa shape index (κ1) is 15.4. The summed E-state index contributed by atoms with van der Waals surface area (Å²) in [4.78, 5) is 10.9. The lowest BCUT2D eigenvalue weighted by molar-refractivity contribution is -0.137. The van der Waals surface area contributed by atoms with Gasteiger partial charge in [-0.15, -0.1) is 5.10 Å². The predicted octanol–water partition coefficient (Wildman–Crippen LogP) is 2.27. The van der Waals surface area contributed by atoms with Crippen LogP contribution in [-0.2, 0) is 11.0 Å². The summed E-state index contributed by atoms with van der Waals surface area (Å²) in [7, 11) is 1.27. The van der Waals surface area contributed by atoms with Gasteiger partial charge in [0.25, 0.3) is 0 Å². The summed E-state index contributed by atoms with van der Waals surface area (Å²) in [5.74, 6) is 0.0377. The molecule has 1 aromatic rings. The van der Waals surface area contributed by atoms with E-state index in [1.165, 1.54) is 19.2 Å². The van der Waals surface area contributed by atoms with Crippen LogP contribution >= 0.6 is 11.8 Å². The summed E-state index contributed by atoms with van der Waals surface area (Å²) in [6.07, 6.45) is -3.57. The van der Waals surface area contributed by atoms with E-state index < -0.39 is 11.7 Å². The number of carbonyl (C=O) groups excluding carboxylic acids is 1. The minimum absolute atomic E-state index is 0.0388. The largest absolute Gasteiger partial charge is 0.496 e. The lowest BCUT2D eigenvalue weighted by atomic mass is 10.1. The van der Waals surface area contributed by atoms with Crippen molar-refractivity contribution in [3.8, 4) is 5.75 Å². The van der Waals surface area contributed by atoms with Crippen LogP contribution in [0, 0.1) is 0 Å². The molecular formula is C12H10F3N3O2S. The molecule has 1 fully saturated rings. The second-order valence-corrected chi connectivity index (χ2v) is 4.87. The second kappa shape index (κ2) is 6.17. The maximum Gasteiger partial charge on any atom is 0.417 e. The van der Waals surface area contributed by atoms with Crippen molar-refractivity contribution in [3.05, 3.63) is 29.3 Å². The van der Waals surface area contributed by atoms with Gasteiger partial charge < -0.3 is 10.1 Å². The first-order valence-corrected chi connectivity index (χ1v) is 6.68. The van der Waals surface area contributed by atoms with Gasteiger partial charge in [-0.3, -0.25) is 4.79 Å². The number of hydrogen-bond acceptors (Lipinski definition) is 5. The van der Waals surface area contributed by atoms with Crippen molar-refractivity contribution in [2.75, 3.05) is 12.9 Å². The summed E-state index contributed by atoms with van der Waals surface area (Å²) >= 11 is 1.13. The summed E-state index contributed by atoms with van der Waals surface area (Å²) in [6, 6.07) is 3.58. The van der Waals surface area contributed by atoms with Gasteiger partial charge in [0.15, 0.2) is 5.17 Å². The zero-order valence-corrected chi connectivity index (χ0v) is 11.6. The second-order valence-electron chi connectivity index (χ2n) is 3.91. The van der Waals surface area contributed by atoms with Crippen LogP contribution in [-0.4, -0.2) is 30.2 Å². The van der Waals surface area contributed by atoms with Crippen molar-refractivity contribution in [3.63, 3.8) is 0 Å². The third-order valence-corrected chi connectivity index (χ3v) is 3.38. The molecule has 1 saturated heterocycles. The van der Waals surface area contributed by atoms with Gasteiger partial charge in [-0.25, -0.2) is 0 Å². The zero-order chi connectivity index (χ0) is 15.5. The van der Waals surface area contributed by atoms with Gasteiger partial charge in [-0.2, -0.15) is 18.3 Å². The van der Waals surface area contributed by atoms with E-state index >= 15 is 0 Å². The number of nitrogens with one attached hydrogen (secondary N) is 1. The predicted molar refractivity (Wildman–Crippen MR) is 73.6 cm³/mol. The third kappa shape index (κ3) is 3.75. The normalized spacial score (nSPS) is 17.5. The Morgan fingerprint density at radius 3 is 2.76 bits per heavy atom. The van der Waals surface area contributed by atoms with Crippen molar-refractivity contribution in [2.45, 2.75) is 6.18 Å². The van der Waals surface area contributed by atoms with Gasteiger partial charge >= 0.3 is 6.18 Å². The molecule has 0 saturated carbocycles. The highest BCUT2D eigenvalue weighted by molar-refractivity contribution is 8.15. The molecule has 0 spiro atoms. The topological polar surface area (TPSA) is 63.1 Å². The van der Waals surface area contributed by atoms with Gasteiger partial charge in [0.2, 0.25) is 5.91 Å². The Balaban J connectivity index is 2.32. The number of rotatable bonds is 3. The van der Waals surface area contributed by atoms with Crippen LogP contribution in [0.15, 0.2) is 28.4 Å². The molecule has 1 amide bonds. The fourth-order valence-corrected chi connectivity index (χ4v) is 2.25. The molecular weight excluding hydrogens is 307 g/mol. The monoisotopic (exact) mass is 317 g/mol. The Kier molecular flexibility index (Phi) is 4.51. The van der Waals surface area contributed by atoms with Crippen molar-refractivity contribution >= 4 is 29.1 Å². The van der Waals surface area contributed by atoms with Crippen LogP contribution in [0.4, 0.5) is 13.2 Å². The van der Waals surface area contributed by atoms with Crippen LogP contribution in [0.3, 0.4) is 0 Å². The number of carbonyl (C=O) groups is 1. The van der Waals surface area contributed by atoms with E-state index in [1.54, 1.807) is 0 Å². The highest BCUT2D eigenvalue weighted by Gasteiger charge is 2.34. The molecule has 0 bridgehead atoms. The van der Waals surface area contributed by atoms with Crippen LogP contribution in [0.1, 0.15) is 11.1 Å². The Hall–Kier alpha value is -2.03. The number of halogens is 3. The first-order valence-electron chi connectivity index (χ1n) is 5.69. The zero-order valence-electron chi connectivity index (χ0n) is 10.8. The standard InChI is InChI=1S/C12H10F3N3O2S/c1-20-9-4-2-3-8(12(13,14)15)7(9)5-16-18-11-17-10(19)6-21-11/h2-5H,6H2,1H3,(H,17,18,19). The molecule has 1 aromatic carbocycles. The van der Waals surface area contributed by atoms with Gasteiger partial charge in [0.1, 0.15) is 5.75 Å². The van der Waals surface area contributed by atoms with Gasteiger partial charge in [-0.05, 0) is 12.1 Å². The average Bonchev–Trinajstić information content (AvgIpc) is 2.83. The fourth-order valence-electron chi connectivity index (χ4n) is 1.62. The molecule has 1 aliphatic heterocycles. The quantitative estimate of drug-likeness (QED) is 0.687. The van der Waals surface area contributed by atoms with E-state index in [-0.39, 0.29) is 28.1 Å². The molecule has 1 N–H and O–H groups in total. The van der Waals surface area contributed by atoms with Crippen LogP contribution in [0.5, 0.6) is 5.75 Å². The van der Waals surface area contributed by atoms with E-state index in [2.05, 4.69) is 15.5 Å². The molecule has 0 aromatic heterocycles.